The molecule has 0 saturated carbocycles. The molecule has 2 saturated heterocycles. The number of hydrogen-bond donors (Lipinski definition) is 3. The Morgan fingerprint density at radius 1 is 0.970 bits per heavy atom. The number of aliphatic carboxylic acids is 1. The maximum Gasteiger partial charge on any atom is 0.407 e. The number of alkyl carbamates (subject to hydrolysis) is 1. The Balaban J connectivity index is 1.58. The van der Waals surface area contributed by atoms with Gasteiger partial charge in [0, 0.05) is 19.5 Å². The van der Waals surface area contributed by atoms with E-state index in [0.717, 1.165) is 44.9 Å². The Bertz CT molecular complexity index is 638. The van der Waals surface area contributed by atoms with Crippen LogP contribution < -0.4 is 10.6 Å². The van der Waals surface area contributed by atoms with Gasteiger partial charge in [0.2, 0.25) is 0 Å². The van der Waals surface area contributed by atoms with Crippen LogP contribution in [-0.4, -0.2) is 55.0 Å². The first-order chi connectivity index (χ1) is 16.0. The van der Waals surface area contributed by atoms with Gasteiger partial charge in [0.25, 0.3) is 5.91 Å². The van der Waals surface area contributed by atoms with Gasteiger partial charge in [-0.05, 0) is 56.8 Å². The Labute approximate surface area is 197 Å². The van der Waals surface area contributed by atoms with Gasteiger partial charge < -0.3 is 25.2 Å². The van der Waals surface area contributed by atoms with E-state index in [2.05, 4.69) is 29.7 Å². The monoisotopic (exact) mass is 466 g/mol. The van der Waals surface area contributed by atoms with Crippen LogP contribution in [0.3, 0.4) is 0 Å². The molecular formula is C25H42N2O6. The van der Waals surface area contributed by atoms with Gasteiger partial charge in [0.05, 0.1) is 12.2 Å². The molecule has 2 amide bonds. The predicted octanol–water partition coefficient (Wildman–Crippen LogP) is 4.18. The standard InChI is InChI=1S/C25H42N2O6/c1-2-3-4-7-10-16-27-25(31)32-18-23(28)26-17-15-20-19(21-13-14-22(20)33-21)11-8-5-6-9-12-24(29)30/h5,8,19-22H,2-4,6-7,9-18H2,1H3,(H,26,28)(H,27,31)(H,29,30)/b8-5-/t19-,20+,21-,22+/m1/s1. The van der Waals surface area contributed by atoms with Crippen molar-refractivity contribution in [3.05, 3.63) is 12.2 Å². The van der Waals surface area contributed by atoms with Crippen LogP contribution >= 0.6 is 0 Å². The first-order valence-electron chi connectivity index (χ1n) is 12.7. The number of carboxylic acids is 1. The third-order valence-corrected chi connectivity index (χ3v) is 6.61. The van der Waals surface area contributed by atoms with Crippen molar-refractivity contribution in [1.82, 2.24) is 10.6 Å². The number of carbonyl (C=O) groups is 3. The Morgan fingerprint density at radius 3 is 2.48 bits per heavy atom. The molecule has 0 aromatic carbocycles. The lowest BCUT2D eigenvalue weighted by molar-refractivity contribution is -0.137. The first kappa shape index (κ1) is 27.2. The van der Waals surface area contributed by atoms with Crippen molar-refractivity contribution in [1.29, 1.82) is 0 Å². The number of amides is 2. The van der Waals surface area contributed by atoms with Gasteiger partial charge >= 0.3 is 12.1 Å². The van der Waals surface area contributed by atoms with Crippen molar-refractivity contribution in [2.45, 2.75) is 96.2 Å². The summed E-state index contributed by atoms with van der Waals surface area (Å²) < 4.78 is 11.1. The van der Waals surface area contributed by atoms with Crippen molar-refractivity contribution in [3.63, 3.8) is 0 Å². The van der Waals surface area contributed by atoms with Crippen LogP contribution in [0.2, 0.25) is 0 Å². The fourth-order valence-corrected chi connectivity index (χ4v) is 4.87. The molecule has 2 aliphatic heterocycles. The number of ether oxygens (including phenoxy) is 2. The molecular weight excluding hydrogens is 424 g/mol. The smallest absolute Gasteiger partial charge is 0.407 e. The van der Waals surface area contributed by atoms with Crippen LogP contribution in [0.1, 0.15) is 84.0 Å². The molecule has 0 aromatic heterocycles. The summed E-state index contributed by atoms with van der Waals surface area (Å²) >= 11 is 0. The normalized spacial score (nSPS) is 23.7. The molecule has 0 aromatic rings. The SMILES string of the molecule is CCCCCCCNC(=O)OCC(=O)NCC[C@H]1[C@@H](C/C=C\CCCC(=O)O)[C@H]2CC[C@@H]1O2. The van der Waals surface area contributed by atoms with Gasteiger partial charge in [-0.1, -0.05) is 44.8 Å². The zero-order valence-electron chi connectivity index (χ0n) is 20.1. The lowest BCUT2D eigenvalue weighted by Gasteiger charge is -2.27. The predicted molar refractivity (Wildman–Crippen MR) is 126 cm³/mol. The molecule has 0 radical (unpaired) electrons. The van der Waals surface area contributed by atoms with Crippen molar-refractivity contribution in [2.24, 2.45) is 11.8 Å². The largest absolute Gasteiger partial charge is 0.481 e. The number of carboxylic acid groups (broad SMARTS) is 1. The lowest BCUT2D eigenvalue weighted by Crippen LogP contribution is -2.35. The van der Waals surface area contributed by atoms with E-state index in [-0.39, 0.29) is 31.1 Å². The molecule has 188 valence electrons. The quantitative estimate of drug-likeness (QED) is 0.219. The second-order valence-corrected chi connectivity index (χ2v) is 9.17. The summed E-state index contributed by atoms with van der Waals surface area (Å²) in [6, 6.07) is 0. The fourth-order valence-electron chi connectivity index (χ4n) is 4.87. The minimum Gasteiger partial charge on any atom is -0.481 e. The maximum absolute atomic E-state index is 12.0. The Kier molecular flexibility index (Phi) is 12.9. The molecule has 4 atom stereocenters. The average molecular weight is 467 g/mol. The molecule has 2 heterocycles. The number of unbranched alkanes of at least 4 members (excludes halogenated alkanes) is 5. The zero-order chi connectivity index (χ0) is 23.9. The lowest BCUT2D eigenvalue weighted by atomic mass is 9.76. The summed E-state index contributed by atoms with van der Waals surface area (Å²) in [5, 5.41) is 14.2. The van der Waals surface area contributed by atoms with Crippen molar-refractivity contribution >= 4 is 18.0 Å². The van der Waals surface area contributed by atoms with E-state index in [1.54, 1.807) is 0 Å². The highest BCUT2D eigenvalue weighted by atomic mass is 16.6. The van der Waals surface area contributed by atoms with Gasteiger partial charge in [-0.15, -0.1) is 0 Å². The second kappa shape index (κ2) is 15.7. The molecule has 3 N–H and O–H groups in total. The third-order valence-electron chi connectivity index (χ3n) is 6.61. The van der Waals surface area contributed by atoms with Crippen LogP contribution in [0.25, 0.3) is 0 Å². The fraction of sp³-hybridized carbons (Fsp3) is 0.800. The van der Waals surface area contributed by atoms with Gasteiger partial charge in [0.15, 0.2) is 6.61 Å². The van der Waals surface area contributed by atoms with E-state index in [4.69, 9.17) is 14.6 Å². The topological polar surface area (TPSA) is 114 Å². The minimum atomic E-state index is -0.754. The molecule has 2 rings (SSSR count). The summed E-state index contributed by atoms with van der Waals surface area (Å²) in [5.74, 6) is -0.191. The number of allylic oxidation sites excluding steroid dienone is 2. The molecule has 0 aliphatic carbocycles. The first-order valence-corrected chi connectivity index (χ1v) is 12.7. The summed E-state index contributed by atoms with van der Waals surface area (Å²) in [5.41, 5.74) is 0. The molecule has 33 heavy (non-hydrogen) atoms. The Hall–Kier alpha value is -2.09. The molecule has 8 nitrogen and oxygen atoms in total. The van der Waals surface area contributed by atoms with Crippen LogP contribution in [0.5, 0.6) is 0 Å². The number of fused-ring (bicyclic) bond motifs is 2. The van der Waals surface area contributed by atoms with E-state index in [9.17, 15) is 14.4 Å². The summed E-state index contributed by atoms with van der Waals surface area (Å²) in [4.78, 5) is 34.3. The van der Waals surface area contributed by atoms with Crippen LogP contribution in [0.4, 0.5) is 4.79 Å². The molecule has 0 spiro atoms. The van der Waals surface area contributed by atoms with Crippen molar-refractivity contribution < 1.29 is 29.0 Å². The Morgan fingerprint density at radius 2 is 1.73 bits per heavy atom. The van der Waals surface area contributed by atoms with E-state index >= 15 is 0 Å². The van der Waals surface area contributed by atoms with Crippen LogP contribution in [-0.2, 0) is 19.1 Å². The highest BCUT2D eigenvalue weighted by molar-refractivity contribution is 5.79. The van der Waals surface area contributed by atoms with Crippen molar-refractivity contribution in [2.75, 3.05) is 19.7 Å². The van der Waals surface area contributed by atoms with Gasteiger partial charge in [-0.3, -0.25) is 9.59 Å². The summed E-state index contributed by atoms with van der Waals surface area (Å²) in [7, 11) is 0. The molecule has 2 aliphatic rings. The molecule has 2 bridgehead atoms. The van der Waals surface area contributed by atoms with E-state index < -0.39 is 12.1 Å². The number of hydrogen-bond acceptors (Lipinski definition) is 5. The number of nitrogens with one attached hydrogen (secondary N) is 2. The van der Waals surface area contributed by atoms with E-state index in [0.29, 0.717) is 31.3 Å². The summed E-state index contributed by atoms with van der Waals surface area (Å²) in [6.45, 7) is 3.01. The van der Waals surface area contributed by atoms with Crippen LogP contribution in [0.15, 0.2) is 12.2 Å². The molecule has 0 unspecified atom stereocenters. The number of carbonyl (C=O) groups excluding carboxylic acids is 2. The second-order valence-electron chi connectivity index (χ2n) is 9.17. The van der Waals surface area contributed by atoms with Crippen LogP contribution in [0, 0.1) is 11.8 Å². The minimum absolute atomic E-state index is 0.203. The third kappa shape index (κ3) is 10.6. The highest BCUT2D eigenvalue weighted by Crippen LogP contribution is 2.46. The van der Waals surface area contributed by atoms with Gasteiger partial charge in [0.1, 0.15) is 0 Å². The number of rotatable bonds is 17. The van der Waals surface area contributed by atoms with E-state index in [1.807, 2.05) is 0 Å². The average Bonchev–Trinajstić information content (AvgIpc) is 3.39. The van der Waals surface area contributed by atoms with Gasteiger partial charge in [-0.2, -0.15) is 0 Å². The molecule has 8 heteroatoms. The molecule has 2 fully saturated rings. The maximum atomic E-state index is 12.0. The highest BCUT2D eigenvalue weighted by Gasteiger charge is 2.47. The van der Waals surface area contributed by atoms with Gasteiger partial charge in [-0.25, -0.2) is 4.79 Å². The zero-order valence-corrected chi connectivity index (χ0v) is 20.1. The van der Waals surface area contributed by atoms with E-state index in [1.165, 1.54) is 19.3 Å². The van der Waals surface area contributed by atoms with Crippen molar-refractivity contribution in [3.8, 4) is 0 Å². The summed E-state index contributed by atoms with van der Waals surface area (Å²) in [6.07, 6.45) is 15.4.